The van der Waals surface area contributed by atoms with E-state index in [1.165, 1.54) is 0 Å². The molecule has 0 saturated carbocycles. The van der Waals surface area contributed by atoms with Crippen LogP contribution in [0.4, 0.5) is 0 Å². The second-order valence-corrected chi connectivity index (χ2v) is 16.0. The number of para-hydroxylation sites is 1. The largest absolute Gasteiger partial charge is 0.481 e. The molecule has 20 heteroatoms. The van der Waals surface area contributed by atoms with Crippen molar-refractivity contribution in [3.8, 4) is 0 Å². The van der Waals surface area contributed by atoms with Gasteiger partial charge in [0.05, 0.1) is 6.42 Å². The summed E-state index contributed by atoms with van der Waals surface area (Å²) in [5, 5.41) is 28.0. The summed E-state index contributed by atoms with van der Waals surface area (Å²) < 4.78 is 0. The van der Waals surface area contributed by atoms with Gasteiger partial charge in [0.15, 0.2) is 5.96 Å². The topological polar surface area (TPSA) is 335 Å². The number of rotatable bonds is 14. The van der Waals surface area contributed by atoms with E-state index in [1.54, 1.807) is 18.3 Å². The quantitative estimate of drug-likeness (QED) is 0.0455. The molecule has 4 aromatic rings. The van der Waals surface area contributed by atoms with Gasteiger partial charge in [-0.25, -0.2) is 0 Å². The van der Waals surface area contributed by atoms with E-state index in [0.717, 1.165) is 21.7 Å². The number of unbranched alkanes of at least 4 members (excludes halogenated alkanes) is 1. The Kier molecular flexibility index (Phi) is 17.4. The lowest BCUT2D eigenvalue weighted by atomic mass is 9.99. The number of hydrogen-bond donors (Lipinski definition) is 11. The minimum absolute atomic E-state index is 0.0577. The van der Waals surface area contributed by atoms with E-state index in [2.05, 4.69) is 41.9 Å². The number of hydrogen-bond acceptors (Lipinski definition) is 9. The summed E-state index contributed by atoms with van der Waals surface area (Å²) in [6, 6.07) is 11.6. The molecule has 1 aliphatic heterocycles. The summed E-state index contributed by atoms with van der Waals surface area (Å²) in [6.45, 7) is 1.91. The van der Waals surface area contributed by atoms with Gasteiger partial charge in [0.1, 0.15) is 36.3 Å². The molecule has 7 amide bonds. The molecule has 2 heterocycles. The molecule has 0 radical (unpaired) electrons. The Hall–Kier alpha value is -7.51. The van der Waals surface area contributed by atoms with Crippen molar-refractivity contribution in [1.82, 2.24) is 36.9 Å². The summed E-state index contributed by atoms with van der Waals surface area (Å²) in [4.78, 5) is 116. The second-order valence-electron chi connectivity index (χ2n) is 16.0. The predicted molar refractivity (Wildman–Crippen MR) is 241 cm³/mol. The number of fused-ring (bicyclic) bond motifs is 2. The van der Waals surface area contributed by atoms with Crippen molar-refractivity contribution in [3.05, 3.63) is 84.1 Å². The summed E-state index contributed by atoms with van der Waals surface area (Å²) in [6.07, 6.45) is 1.14. The molecule has 20 nitrogen and oxygen atoms in total. The van der Waals surface area contributed by atoms with Crippen molar-refractivity contribution in [1.29, 1.82) is 0 Å². The van der Waals surface area contributed by atoms with Crippen LogP contribution in [0.3, 0.4) is 0 Å². The summed E-state index contributed by atoms with van der Waals surface area (Å²) >= 11 is 0. The third kappa shape index (κ3) is 14.3. The number of nitrogens with zero attached hydrogens (tertiary/aromatic N) is 1. The van der Waals surface area contributed by atoms with Gasteiger partial charge in [0, 0.05) is 42.9 Å². The van der Waals surface area contributed by atoms with Crippen molar-refractivity contribution in [2.45, 2.75) is 107 Å². The highest BCUT2D eigenvalue weighted by Gasteiger charge is 2.35. The van der Waals surface area contributed by atoms with Crippen molar-refractivity contribution in [2.24, 2.45) is 22.2 Å². The monoisotopic (exact) mass is 895 g/mol. The zero-order chi connectivity index (χ0) is 47.0. The van der Waals surface area contributed by atoms with E-state index < -0.39 is 90.0 Å². The fraction of sp³-hybridized carbons (Fsp3) is 0.400. The maximum atomic E-state index is 14.5. The number of primary amides is 1. The van der Waals surface area contributed by atoms with Crippen LogP contribution in [0.25, 0.3) is 21.7 Å². The van der Waals surface area contributed by atoms with E-state index in [1.807, 2.05) is 61.5 Å². The molecule has 0 spiro atoms. The molecule has 14 N–H and O–H groups in total. The number of aromatic nitrogens is 1. The van der Waals surface area contributed by atoms with E-state index >= 15 is 0 Å². The summed E-state index contributed by atoms with van der Waals surface area (Å²) in [7, 11) is 0. The molecule has 6 atom stereocenters. The highest BCUT2D eigenvalue weighted by molar-refractivity contribution is 5.98. The minimum atomic E-state index is -1.71. The summed E-state index contributed by atoms with van der Waals surface area (Å²) in [5.41, 5.74) is 18.8. The van der Waals surface area contributed by atoms with Crippen LogP contribution in [0.2, 0.25) is 0 Å². The predicted octanol–water partition coefficient (Wildman–Crippen LogP) is 0.0127. The Bertz CT molecular complexity index is 2410. The zero-order valence-corrected chi connectivity index (χ0v) is 36.1. The summed E-state index contributed by atoms with van der Waals surface area (Å²) in [5.74, 6) is -7.71. The molecule has 0 bridgehead atoms. The maximum Gasteiger partial charge on any atom is 0.305 e. The van der Waals surface area contributed by atoms with Crippen molar-refractivity contribution in [2.75, 3.05) is 6.54 Å². The number of guanidine groups is 1. The average Bonchev–Trinajstić information content (AvgIpc) is 3.68. The molecular weight excluding hydrogens is 839 g/mol. The normalized spacial score (nSPS) is 21.8. The smallest absolute Gasteiger partial charge is 0.305 e. The highest BCUT2D eigenvalue weighted by Crippen LogP contribution is 2.21. The number of amides is 7. The molecule has 1 saturated heterocycles. The fourth-order valence-corrected chi connectivity index (χ4v) is 7.56. The number of carboxylic acids is 1. The van der Waals surface area contributed by atoms with Crippen LogP contribution in [-0.2, 0) is 51.2 Å². The maximum absolute atomic E-state index is 14.5. The van der Waals surface area contributed by atoms with Crippen LogP contribution in [-0.4, -0.2) is 106 Å². The number of nitrogens with two attached hydrogens (primary N) is 3. The molecule has 3 aromatic carbocycles. The Morgan fingerprint density at radius 3 is 1.95 bits per heavy atom. The number of carbonyl (C=O) groups excluding carboxylic acids is 7. The van der Waals surface area contributed by atoms with Gasteiger partial charge in [-0.05, 0) is 53.6 Å². The first-order valence-electron chi connectivity index (χ1n) is 21.5. The van der Waals surface area contributed by atoms with Gasteiger partial charge < -0.3 is 59.2 Å². The Morgan fingerprint density at radius 2 is 1.26 bits per heavy atom. The van der Waals surface area contributed by atoms with Gasteiger partial charge in [-0.3, -0.25) is 43.3 Å². The number of aromatic amines is 1. The van der Waals surface area contributed by atoms with Crippen LogP contribution >= 0.6 is 0 Å². The number of carbonyl (C=O) groups is 8. The molecule has 346 valence electrons. The van der Waals surface area contributed by atoms with Gasteiger partial charge in [-0.1, -0.05) is 80.4 Å². The molecule has 0 unspecified atom stereocenters. The lowest BCUT2D eigenvalue weighted by molar-refractivity contribution is -0.141. The molecule has 1 aromatic heterocycles. The third-order valence-corrected chi connectivity index (χ3v) is 11.0. The molecule has 0 aliphatic carbocycles. The molecule has 65 heavy (non-hydrogen) atoms. The molecular formula is C45H57N11O9. The molecule has 1 aliphatic rings. The Labute approximate surface area is 374 Å². The van der Waals surface area contributed by atoms with Crippen LogP contribution in [0.1, 0.15) is 69.4 Å². The first-order chi connectivity index (χ1) is 31.1. The zero-order valence-electron chi connectivity index (χ0n) is 36.1. The lowest BCUT2D eigenvalue weighted by Crippen LogP contribution is -2.60. The average molecular weight is 896 g/mol. The van der Waals surface area contributed by atoms with E-state index in [-0.39, 0.29) is 57.5 Å². The highest BCUT2D eigenvalue weighted by atomic mass is 16.4. The van der Waals surface area contributed by atoms with Crippen molar-refractivity contribution in [3.63, 3.8) is 0 Å². The van der Waals surface area contributed by atoms with Crippen LogP contribution in [0.5, 0.6) is 0 Å². The molecule has 5 rings (SSSR count). The first-order valence-corrected chi connectivity index (χ1v) is 21.5. The number of aliphatic carboxylic acids is 1. The van der Waals surface area contributed by atoms with Gasteiger partial charge in [0.25, 0.3) is 0 Å². The van der Waals surface area contributed by atoms with E-state index in [4.69, 9.17) is 17.2 Å². The third-order valence-electron chi connectivity index (χ3n) is 11.0. The minimum Gasteiger partial charge on any atom is -0.481 e. The number of nitrogens with one attached hydrogen (secondary N) is 7. The number of aliphatic imine (C=N–C) groups is 1. The van der Waals surface area contributed by atoms with Gasteiger partial charge in [-0.15, -0.1) is 0 Å². The Morgan fingerprint density at radius 1 is 0.677 bits per heavy atom. The lowest BCUT2D eigenvalue weighted by Gasteiger charge is -2.28. The number of H-pyrrole nitrogens is 1. The fourth-order valence-electron chi connectivity index (χ4n) is 7.56. The van der Waals surface area contributed by atoms with Crippen molar-refractivity contribution < 1.29 is 43.5 Å². The molecule has 1 fully saturated rings. The van der Waals surface area contributed by atoms with Gasteiger partial charge >= 0.3 is 5.97 Å². The first kappa shape index (κ1) is 48.5. The second kappa shape index (κ2) is 23.3. The van der Waals surface area contributed by atoms with Crippen molar-refractivity contribution >= 4 is 75.0 Å². The standard InChI is InChI=1S/C45H57N11O9/c1-2-3-12-32-40(61)56-36(23-38(58)59)44(65)54-34(21-25-15-16-26-9-4-5-10-27(26)20-25)42(63)53-33(14-8-19-49-45(47)48)41(62)55-35(22-28-24-50-30-13-7-6-11-29(28)30)43(64)52-31(39(46)60)17-18-37(57)51-32/h4-7,9-11,13,15-16,20,24,31-36,50H,2-3,8,12,14,17-19,21-23H2,1H3,(H2,46,60)(H,51,57)(H,52,64)(H,53,63)(H,54,65)(H,55,62)(H,56,61)(H,58,59)(H4,47,48,49)/t31-,32-,33-,34+,35-,36-/m0/s1. The van der Waals surface area contributed by atoms with Crippen LogP contribution in [0.15, 0.2) is 77.9 Å². The van der Waals surface area contributed by atoms with E-state index in [0.29, 0.717) is 24.0 Å². The van der Waals surface area contributed by atoms with Crippen LogP contribution < -0.4 is 49.1 Å². The SMILES string of the molecule is CCCC[C@@H]1NC(=O)CC[C@@H](C(N)=O)NC(=O)[C@H](Cc2c[nH]c3ccccc23)NC(=O)[C@H](CCCN=C(N)N)NC(=O)[C@@H](Cc2ccc3ccccc3c2)NC(=O)[C@H](CC(=O)O)NC1=O. The number of benzene rings is 3. The van der Waals surface area contributed by atoms with Gasteiger partial charge in [0.2, 0.25) is 41.4 Å². The Balaban J connectivity index is 1.57. The van der Waals surface area contributed by atoms with Crippen LogP contribution in [0, 0.1) is 0 Å². The number of carboxylic acid groups (broad SMARTS) is 1. The van der Waals surface area contributed by atoms with E-state index in [9.17, 15) is 43.5 Å². The van der Waals surface area contributed by atoms with Gasteiger partial charge in [-0.2, -0.15) is 0 Å².